The number of nitrogens with zero attached hydrogens (tertiary/aromatic N) is 3. The number of nitrogens with two attached hydrogens (primary N) is 1. The van der Waals surface area contributed by atoms with E-state index in [-0.39, 0.29) is 11.1 Å². The van der Waals surface area contributed by atoms with E-state index in [9.17, 15) is 9.18 Å². The molecule has 1 aromatic heterocycles. The van der Waals surface area contributed by atoms with Gasteiger partial charge in [-0.25, -0.2) is 4.39 Å². The lowest BCUT2D eigenvalue weighted by Crippen LogP contribution is -2.34. The molecule has 26 heavy (non-hydrogen) atoms. The van der Waals surface area contributed by atoms with Crippen molar-refractivity contribution < 1.29 is 9.18 Å². The molecule has 0 saturated carbocycles. The Labute approximate surface area is 156 Å². The van der Waals surface area contributed by atoms with Gasteiger partial charge in [0.1, 0.15) is 11.5 Å². The van der Waals surface area contributed by atoms with Crippen LogP contribution in [-0.4, -0.2) is 22.2 Å². The molecule has 138 valence electrons. The fourth-order valence-corrected chi connectivity index (χ4v) is 3.12. The molecule has 2 aromatic rings. The van der Waals surface area contributed by atoms with E-state index in [1.54, 1.807) is 4.68 Å². The van der Waals surface area contributed by atoms with Crippen molar-refractivity contribution in [1.29, 1.82) is 5.26 Å². The Kier molecular flexibility index (Phi) is 6.72. The van der Waals surface area contributed by atoms with Crippen LogP contribution < -0.4 is 11.1 Å². The van der Waals surface area contributed by atoms with E-state index >= 15 is 0 Å². The molecule has 0 saturated heterocycles. The zero-order valence-corrected chi connectivity index (χ0v) is 15.5. The predicted molar refractivity (Wildman–Crippen MR) is 98.1 cm³/mol. The molecular formula is C18H21ClFN5O. The highest BCUT2D eigenvalue weighted by molar-refractivity contribution is 6.31. The summed E-state index contributed by atoms with van der Waals surface area (Å²) in [6.45, 7) is 5.10. The molecule has 0 fully saturated rings. The molecule has 1 aliphatic heterocycles. The fourth-order valence-electron chi connectivity index (χ4n) is 2.94. The number of carbonyl (C=O) groups is 1. The third-order valence-corrected chi connectivity index (χ3v) is 4.35. The summed E-state index contributed by atoms with van der Waals surface area (Å²) in [7, 11) is 0. The molecule has 0 bridgehead atoms. The highest BCUT2D eigenvalue weighted by atomic mass is 35.5. The Hall–Kier alpha value is -2.43. The van der Waals surface area contributed by atoms with Crippen molar-refractivity contribution in [3.05, 3.63) is 40.3 Å². The average molecular weight is 378 g/mol. The molecule has 1 atom stereocenters. The van der Waals surface area contributed by atoms with E-state index in [1.807, 2.05) is 13.8 Å². The minimum Gasteiger partial charge on any atom is -0.365 e. The minimum atomic E-state index is -0.602. The number of halogens is 2. The highest BCUT2D eigenvalue weighted by Crippen LogP contribution is 2.32. The van der Waals surface area contributed by atoms with Crippen LogP contribution in [0.15, 0.2) is 18.2 Å². The van der Waals surface area contributed by atoms with Crippen molar-refractivity contribution in [1.82, 2.24) is 15.1 Å². The molecule has 1 amide bonds. The van der Waals surface area contributed by atoms with Crippen LogP contribution in [0.1, 0.15) is 48.8 Å². The lowest BCUT2D eigenvalue weighted by molar-refractivity contribution is 0.0999. The number of rotatable bonds is 4. The van der Waals surface area contributed by atoms with E-state index in [4.69, 9.17) is 22.6 Å². The molecule has 0 aliphatic carbocycles. The van der Waals surface area contributed by atoms with Gasteiger partial charge >= 0.3 is 0 Å². The molecule has 3 N–H and O–H groups in total. The second kappa shape index (κ2) is 8.79. The van der Waals surface area contributed by atoms with E-state index in [0.29, 0.717) is 48.4 Å². The van der Waals surface area contributed by atoms with Crippen LogP contribution in [0.2, 0.25) is 5.02 Å². The van der Waals surface area contributed by atoms with Gasteiger partial charge in [-0.3, -0.25) is 9.48 Å². The first-order valence-electron chi connectivity index (χ1n) is 8.47. The van der Waals surface area contributed by atoms with Gasteiger partial charge in [-0.1, -0.05) is 25.4 Å². The van der Waals surface area contributed by atoms with E-state index in [0.717, 1.165) is 0 Å². The molecule has 8 heteroatoms. The molecule has 1 unspecified atom stereocenters. The van der Waals surface area contributed by atoms with Gasteiger partial charge in [0.05, 0.1) is 28.4 Å². The van der Waals surface area contributed by atoms with E-state index in [1.165, 1.54) is 18.2 Å². The Bertz CT molecular complexity index is 843. The quantitative estimate of drug-likeness (QED) is 0.853. The fraction of sp³-hybridized carbons (Fsp3) is 0.389. The van der Waals surface area contributed by atoms with Crippen molar-refractivity contribution >= 4 is 17.5 Å². The first-order chi connectivity index (χ1) is 12.5. The zero-order valence-electron chi connectivity index (χ0n) is 14.7. The van der Waals surface area contributed by atoms with Gasteiger partial charge in [-0.15, -0.1) is 0 Å². The Morgan fingerprint density at radius 1 is 1.54 bits per heavy atom. The van der Waals surface area contributed by atoms with Crippen molar-refractivity contribution in [3.63, 3.8) is 0 Å². The molecule has 2 heterocycles. The van der Waals surface area contributed by atoms with Crippen LogP contribution in [0.5, 0.6) is 0 Å². The van der Waals surface area contributed by atoms with E-state index < -0.39 is 11.7 Å². The SMILES string of the molecule is CC.N#CCCC1CNCc2c(C(N)=O)c(-c3ccc(F)c(Cl)c3)nn21. The van der Waals surface area contributed by atoms with Gasteiger partial charge in [-0.2, -0.15) is 10.4 Å². The summed E-state index contributed by atoms with van der Waals surface area (Å²) in [6, 6.07) is 6.24. The van der Waals surface area contributed by atoms with Crippen LogP contribution >= 0.6 is 11.6 Å². The van der Waals surface area contributed by atoms with Gasteiger partial charge in [0.25, 0.3) is 5.91 Å². The Morgan fingerprint density at radius 2 is 2.27 bits per heavy atom. The van der Waals surface area contributed by atoms with Crippen LogP contribution in [0.3, 0.4) is 0 Å². The third kappa shape index (κ3) is 3.87. The maximum Gasteiger partial charge on any atom is 0.252 e. The molecule has 1 aliphatic rings. The lowest BCUT2D eigenvalue weighted by atomic mass is 10.0. The van der Waals surface area contributed by atoms with Gasteiger partial charge in [-0.05, 0) is 24.6 Å². The van der Waals surface area contributed by atoms with Crippen LogP contribution in [-0.2, 0) is 6.54 Å². The van der Waals surface area contributed by atoms with Crippen molar-refractivity contribution in [3.8, 4) is 17.3 Å². The number of aromatic nitrogens is 2. The lowest BCUT2D eigenvalue weighted by Gasteiger charge is -2.25. The number of primary amides is 1. The van der Waals surface area contributed by atoms with Crippen molar-refractivity contribution in [2.75, 3.05) is 6.54 Å². The van der Waals surface area contributed by atoms with Crippen LogP contribution in [0.4, 0.5) is 4.39 Å². The third-order valence-electron chi connectivity index (χ3n) is 4.06. The monoisotopic (exact) mass is 377 g/mol. The smallest absolute Gasteiger partial charge is 0.252 e. The average Bonchev–Trinajstić information content (AvgIpc) is 3.04. The highest BCUT2D eigenvalue weighted by Gasteiger charge is 2.29. The number of nitriles is 1. The normalized spacial score (nSPS) is 15.4. The molecule has 1 aromatic carbocycles. The topological polar surface area (TPSA) is 96.7 Å². The first kappa shape index (κ1) is 19.9. The van der Waals surface area contributed by atoms with Gasteiger partial charge in [0, 0.05) is 25.1 Å². The number of hydrogen-bond acceptors (Lipinski definition) is 4. The Balaban J connectivity index is 0.00000117. The number of hydrogen-bond donors (Lipinski definition) is 2. The summed E-state index contributed by atoms with van der Waals surface area (Å²) in [6.07, 6.45) is 0.995. The van der Waals surface area contributed by atoms with Gasteiger partial charge < -0.3 is 11.1 Å². The second-order valence-electron chi connectivity index (χ2n) is 5.59. The van der Waals surface area contributed by atoms with Gasteiger partial charge in [0.15, 0.2) is 0 Å². The molecule has 0 radical (unpaired) electrons. The largest absolute Gasteiger partial charge is 0.365 e. The zero-order chi connectivity index (χ0) is 19.3. The van der Waals surface area contributed by atoms with Crippen molar-refractivity contribution in [2.45, 2.75) is 39.3 Å². The van der Waals surface area contributed by atoms with Crippen LogP contribution in [0, 0.1) is 17.1 Å². The number of benzene rings is 1. The maximum absolute atomic E-state index is 13.4. The molecule has 6 nitrogen and oxygen atoms in total. The number of carbonyl (C=O) groups excluding carboxylic acids is 1. The second-order valence-corrected chi connectivity index (χ2v) is 6.00. The van der Waals surface area contributed by atoms with Crippen LogP contribution in [0.25, 0.3) is 11.3 Å². The molecule has 0 spiro atoms. The summed E-state index contributed by atoms with van der Waals surface area (Å²) < 4.78 is 15.2. The predicted octanol–water partition coefficient (Wildman–Crippen LogP) is 3.42. The first-order valence-corrected chi connectivity index (χ1v) is 8.85. The number of fused-ring (bicyclic) bond motifs is 1. The number of nitrogens with one attached hydrogen (secondary N) is 1. The number of amides is 1. The Morgan fingerprint density at radius 3 is 2.88 bits per heavy atom. The van der Waals surface area contributed by atoms with E-state index in [2.05, 4.69) is 16.5 Å². The summed E-state index contributed by atoms with van der Waals surface area (Å²) in [5.74, 6) is -1.15. The summed E-state index contributed by atoms with van der Waals surface area (Å²) in [5, 5.41) is 16.5. The maximum atomic E-state index is 13.4. The molecule has 3 rings (SSSR count). The summed E-state index contributed by atoms with van der Waals surface area (Å²) >= 11 is 5.85. The summed E-state index contributed by atoms with van der Waals surface area (Å²) in [5.41, 5.74) is 7.43. The summed E-state index contributed by atoms with van der Waals surface area (Å²) in [4.78, 5) is 12.0. The van der Waals surface area contributed by atoms with Crippen molar-refractivity contribution in [2.24, 2.45) is 5.73 Å². The van der Waals surface area contributed by atoms with Gasteiger partial charge in [0.2, 0.25) is 0 Å². The standard InChI is InChI=1S/C16H15ClFN5O.C2H6/c17-11-6-9(3-4-12(11)18)15-14(16(20)24)13-8-21-7-10(2-1-5-19)23(13)22-15;1-2/h3-4,6,10,21H,1-2,7-8H2,(H2,20,24);1-2H3. The molecular weight excluding hydrogens is 357 g/mol. The minimum absolute atomic E-state index is 0.0452.